The molecule has 0 radical (unpaired) electrons. The molecule has 0 atom stereocenters. The van der Waals surface area contributed by atoms with E-state index >= 15 is 0 Å². The third-order valence-electron chi connectivity index (χ3n) is 1.46. The van der Waals surface area contributed by atoms with E-state index in [4.69, 9.17) is 23.2 Å². The Morgan fingerprint density at radius 3 is 2.46 bits per heavy atom. The summed E-state index contributed by atoms with van der Waals surface area (Å²) >= 11 is 11.3. The maximum atomic E-state index is 12.9. The highest BCUT2D eigenvalue weighted by Crippen LogP contribution is 2.23. The molecule has 5 heteroatoms. The molecule has 1 rings (SSSR count). The van der Waals surface area contributed by atoms with Gasteiger partial charge in [-0.15, -0.1) is 12.4 Å². The van der Waals surface area contributed by atoms with Gasteiger partial charge in [-0.2, -0.15) is 0 Å². The van der Waals surface area contributed by atoms with Crippen molar-refractivity contribution >= 4 is 35.6 Å². The Morgan fingerprint density at radius 2 is 1.92 bits per heavy atom. The second-order valence-electron chi connectivity index (χ2n) is 2.39. The van der Waals surface area contributed by atoms with E-state index in [9.17, 15) is 4.39 Å². The number of rotatable bonds is 2. The van der Waals surface area contributed by atoms with Crippen LogP contribution in [0.3, 0.4) is 0 Å². The summed E-state index contributed by atoms with van der Waals surface area (Å²) < 4.78 is 12.9. The number of benzene rings is 1. The van der Waals surface area contributed by atoms with Gasteiger partial charge < -0.3 is 5.32 Å². The Kier molecular flexibility index (Phi) is 5.65. The number of hydrogen-bond acceptors (Lipinski definition) is 1. The van der Waals surface area contributed by atoms with Gasteiger partial charge in [0.2, 0.25) is 0 Å². The van der Waals surface area contributed by atoms with E-state index in [1.165, 1.54) is 12.1 Å². The van der Waals surface area contributed by atoms with Crippen molar-refractivity contribution in [2.24, 2.45) is 0 Å². The van der Waals surface area contributed by atoms with Crippen LogP contribution in [0.1, 0.15) is 5.56 Å². The van der Waals surface area contributed by atoms with Gasteiger partial charge in [0.05, 0.1) is 5.02 Å². The number of hydrogen-bond donors (Lipinski definition) is 1. The highest BCUT2D eigenvalue weighted by molar-refractivity contribution is 6.35. The van der Waals surface area contributed by atoms with Crippen molar-refractivity contribution in [1.82, 2.24) is 5.32 Å². The minimum Gasteiger partial charge on any atom is -0.316 e. The molecule has 0 saturated carbocycles. The first-order chi connectivity index (χ1) is 5.65. The first kappa shape index (κ1) is 13.0. The molecule has 0 unspecified atom stereocenters. The van der Waals surface area contributed by atoms with Crippen molar-refractivity contribution < 1.29 is 4.39 Å². The fourth-order valence-corrected chi connectivity index (χ4v) is 1.34. The van der Waals surface area contributed by atoms with Crippen LogP contribution in [0, 0.1) is 5.82 Å². The van der Waals surface area contributed by atoms with E-state index < -0.39 is 5.82 Å². The Labute approximate surface area is 92.6 Å². The van der Waals surface area contributed by atoms with Gasteiger partial charge in [-0.1, -0.05) is 23.2 Å². The van der Waals surface area contributed by atoms with Crippen LogP contribution in [0.15, 0.2) is 12.1 Å². The van der Waals surface area contributed by atoms with Gasteiger partial charge in [0.1, 0.15) is 5.82 Å². The smallest absolute Gasteiger partial charge is 0.142 e. The van der Waals surface area contributed by atoms with E-state index in [-0.39, 0.29) is 17.4 Å². The second-order valence-corrected chi connectivity index (χ2v) is 3.20. The normalized spacial score (nSPS) is 9.54. The zero-order valence-corrected chi connectivity index (χ0v) is 9.23. The maximum Gasteiger partial charge on any atom is 0.142 e. The molecule has 1 nitrogen and oxygen atoms in total. The molecular formula is C8H9Cl3FN. The van der Waals surface area contributed by atoms with E-state index in [0.717, 1.165) is 0 Å². The molecule has 0 fully saturated rings. The van der Waals surface area contributed by atoms with Crippen LogP contribution in [-0.4, -0.2) is 7.05 Å². The summed E-state index contributed by atoms with van der Waals surface area (Å²) in [6.07, 6.45) is 0. The van der Waals surface area contributed by atoms with Crippen LogP contribution in [-0.2, 0) is 6.54 Å². The molecule has 0 aliphatic rings. The van der Waals surface area contributed by atoms with Gasteiger partial charge in [0.15, 0.2) is 0 Å². The lowest BCUT2D eigenvalue weighted by molar-refractivity contribution is 0.624. The van der Waals surface area contributed by atoms with Crippen molar-refractivity contribution in [3.05, 3.63) is 33.6 Å². The quantitative estimate of drug-likeness (QED) is 0.788. The molecule has 0 bridgehead atoms. The van der Waals surface area contributed by atoms with Crippen LogP contribution in [0.5, 0.6) is 0 Å². The molecule has 0 saturated heterocycles. The summed E-state index contributed by atoms with van der Waals surface area (Å²) in [6.45, 7) is 0.535. The summed E-state index contributed by atoms with van der Waals surface area (Å²) in [6, 6.07) is 2.74. The number of halogens is 4. The molecule has 0 heterocycles. The van der Waals surface area contributed by atoms with Gasteiger partial charge in [-0.25, -0.2) is 4.39 Å². The van der Waals surface area contributed by atoms with E-state index in [2.05, 4.69) is 5.32 Å². The van der Waals surface area contributed by atoms with E-state index in [1.807, 2.05) is 0 Å². The van der Waals surface area contributed by atoms with Crippen LogP contribution >= 0.6 is 35.6 Å². The van der Waals surface area contributed by atoms with E-state index in [0.29, 0.717) is 17.1 Å². The van der Waals surface area contributed by atoms with Gasteiger partial charge in [-0.05, 0) is 24.7 Å². The lowest BCUT2D eigenvalue weighted by atomic mass is 10.2. The van der Waals surface area contributed by atoms with Crippen LogP contribution in [0.2, 0.25) is 10.0 Å². The zero-order valence-electron chi connectivity index (χ0n) is 6.90. The molecule has 1 aromatic rings. The van der Waals surface area contributed by atoms with E-state index in [1.54, 1.807) is 7.05 Å². The molecular weight excluding hydrogens is 235 g/mol. The van der Waals surface area contributed by atoms with Crippen molar-refractivity contribution in [1.29, 1.82) is 0 Å². The molecule has 0 spiro atoms. The predicted octanol–water partition coefficient (Wildman–Crippen LogP) is 3.27. The monoisotopic (exact) mass is 243 g/mol. The topological polar surface area (TPSA) is 12.0 Å². The fraction of sp³-hybridized carbons (Fsp3) is 0.250. The molecule has 1 aromatic carbocycles. The van der Waals surface area contributed by atoms with Gasteiger partial charge >= 0.3 is 0 Å². The minimum atomic E-state index is -0.439. The fourth-order valence-electron chi connectivity index (χ4n) is 0.890. The maximum absolute atomic E-state index is 12.9. The molecule has 0 amide bonds. The average molecular weight is 245 g/mol. The Hall–Kier alpha value is -0.0200. The molecule has 0 aliphatic heterocycles. The molecule has 0 aromatic heterocycles. The van der Waals surface area contributed by atoms with Crippen LogP contribution in [0.4, 0.5) is 4.39 Å². The molecule has 74 valence electrons. The minimum absolute atomic E-state index is 0. The van der Waals surface area contributed by atoms with Gasteiger partial charge in [-0.3, -0.25) is 0 Å². The Bertz CT molecular complexity index is 291. The third-order valence-corrected chi connectivity index (χ3v) is 2.10. The summed E-state index contributed by atoms with van der Waals surface area (Å²) in [5, 5.41) is 3.41. The number of nitrogens with one attached hydrogen (secondary N) is 1. The summed E-state index contributed by atoms with van der Waals surface area (Å²) in [5.74, 6) is -0.439. The molecule has 13 heavy (non-hydrogen) atoms. The molecule has 0 aliphatic carbocycles. The van der Waals surface area contributed by atoms with Crippen molar-refractivity contribution in [2.45, 2.75) is 6.54 Å². The lowest BCUT2D eigenvalue weighted by Gasteiger charge is -2.04. The van der Waals surface area contributed by atoms with Gasteiger partial charge in [0, 0.05) is 11.6 Å². The van der Waals surface area contributed by atoms with Crippen molar-refractivity contribution in [3.63, 3.8) is 0 Å². The lowest BCUT2D eigenvalue weighted by Crippen LogP contribution is -2.05. The first-order valence-electron chi connectivity index (χ1n) is 3.43. The zero-order chi connectivity index (χ0) is 9.14. The largest absolute Gasteiger partial charge is 0.316 e. The summed E-state index contributed by atoms with van der Waals surface area (Å²) in [7, 11) is 1.77. The standard InChI is InChI=1S/C8H8Cl2FN.ClH/c1-12-4-5-2-8(11)7(10)3-6(5)9;/h2-3,12H,4H2,1H3;1H. The summed E-state index contributed by atoms with van der Waals surface area (Å²) in [4.78, 5) is 0. The molecule has 1 N–H and O–H groups in total. The van der Waals surface area contributed by atoms with Crippen LogP contribution < -0.4 is 5.32 Å². The second kappa shape index (κ2) is 5.66. The van der Waals surface area contributed by atoms with Crippen molar-refractivity contribution in [2.75, 3.05) is 7.05 Å². The third kappa shape index (κ3) is 3.31. The Morgan fingerprint density at radius 1 is 1.31 bits per heavy atom. The predicted molar refractivity (Wildman–Crippen MR) is 56.4 cm³/mol. The van der Waals surface area contributed by atoms with Crippen molar-refractivity contribution in [3.8, 4) is 0 Å². The van der Waals surface area contributed by atoms with Crippen LogP contribution in [0.25, 0.3) is 0 Å². The Balaban J connectivity index is 0.00000144. The highest BCUT2D eigenvalue weighted by Gasteiger charge is 2.05. The SMILES string of the molecule is CNCc1cc(F)c(Cl)cc1Cl.Cl. The first-order valence-corrected chi connectivity index (χ1v) is 4.18. The average Bonchev–Trinajstić information content (AvgIpc) is 2.01. The summed E-state index contributed by atoms with van der Waals surface area (Å²) in [5.41, 5.74) is 0.709. The van der Waals surface area contributed by atoms with Gasteiger partial charge in [0.25, 0.3) is 0 Å². The highest BCUT2D eigenvalue weighted by atomic mass is 35.5.